The maximum absolute atomic E-state index is 13.2. The number of imide groups is 1. The molecule has 10 heteroatoms. The number of rotatable bonds is 12. The van der Waals surface area contributed by atoms with E-state index in [9.17, 15) is 9.59 Å². The lowest BCUT2D eigenvalue weighted by atomic mass is 10.1. The number of benzene rings is 1. The second-order valence-corrected chi connectivity index (χ2v) is 9.84. The topological polar surface area (TPSA) is 124 Å². The number of nitrogens with zero attached hydrogens (tertiary/aromatic N) is 5. The normalized spacial score (nSPS) is 14.6. The molecular weight excluding hydrogens is 568 g/mol. The fraction of sp³-hybridized carbons (Fsp3) is 0.229. The Labute approximate surface area is 264 Å². The number of hydrogen-bond acceptors (Lipinski definition) is 9. The highest BCUT2D eigenvalue weighted by atomic mass is 16.5. The second kappa shape index (κ2) is 15.9. The SMILES string of the molecule is C=C.C=CC(/C=C(\C=C(/C)OC)N(CCN1C(=O)C(C)=C(/C=C\C)C1=O)c1ccc2ncc(-c3ccc(N)nc3)nc2c1)OC. The Bertz CT molecular complexity index is 1670. The molecule has 3 aromatic rings. The van der Waals surface area contributed by atoms with Crippen LogP contribution in [0.25, 0.3) is 22.3 Å². The Morgan fingerprint density at radius 3 is 2.47 bits per heavy atom. The fourth-order valence-corrected chi connectivity index (χ4v) is 4.64. The number of aromatic nitrogens is 3. The van der Waals surface area contributed by atoms with E-state index in [4.69, 9.17) is 20.2 Å². The number of carbonyl (C=O) groups is 2. The van der Waals surface area contributed by atoms with E-state index >= 15 is 0 Å². The Balaban J connectivity index is 0.00000271. The number of pyridine rings is 1. The molecule has 0 spiro atoms. The molecule has 2 aromatic heterocycles. The van der Waals surface area contributed by atoms with Gasteiger partial charge < -0.3 is 20.1 Å². The largest absolute Gasteiger partial charge is 0.501 e. The quantitative estimate of drug-likeness (QED) is 0.118. The van der Waals surface area contributed by atoms with Gasteiger partial charge in [0.25, 0.3) is 11.8 Å². The summed E-state index contributed by atoms with van der Waals surface area (Å²) in [5.74, 6) is 0.442. The summed E-state index contributed by atoms with van der Waals surface area (Å²) < 4.78 is 11.1. The van der Waals surface area contributed by atoms with Crippen LogP contribution in [0.2, 0.25) is 0 Å². The van der Waals surface area contributed by atoms with E-state index in [0.717, 1.165) is 16.9 Å². The van der Waals surface area contributed by atoms with Crippen molar-refractivity contribution < 1.29 is 19.1 Å². The molecule has 1 aliphatic rings. The van der Waals surface area contributed by atoms with Crippen LogP contribution in [-0.2, 0) is 19.1 Å². The second-order valence-electron chi connectivity index (χ2n) is 9.84. The van der Waals surface area contributed by atoms with Crippen molar-refractivity contribution in [3.05, 3.63) is 115 Å². The number of fused-ring (bicyclic) bond motifs is 1. The first kappa shape index (κ1) is 34.1. The molecule has 4 rings (SSSR count). The van der Waals surface area contributed by atoms with Crippen molar-refractivity contribution in [3.8, 4) is 11.3 Å². The molecule has 2 amide bonds. The minimum atomic E-state index is -0.413. The number of ether oxygens (including phenoxy) is 2. The summed E-state index contributed by atoms with van der Waals surface area (Å²) in [5.41, 5.74) is 10.8. The zero-order valence-corrected chi connectivity index (χ0v) is 26.5. The predicted octanol–water partition coefficient (Wildman–Crippen LogP) is 5.78. The van der Waals surface area contributed by atoms with Crippen LogP contribution in [-0.4, -0.2) is 65.1 Å². The molecule has 0 radical (unpaired) electrons. The summed E-state index contributed by atoms with van der Waals surface area (Å²) in [5, 5.41) is 0. The van der Waals surface area contributed by atoms with Gasteiger partial charge in [-0.3, -0.25) is 19.5 Å². The lowest BCUT2D eigenvalue weighted by molar-refractivity contribution is -0.137. The van der Waals surface area contributed by atoms with Gasteiger partial charge in [-0.05, 0) is 63.3 Å². The first-order chi connectivity index (χ1) is 21.7. The molecule has 1 aliphatic heterocycles. The van der Waals surface area contributed by atoms with Crippen molar-refractivity contribution in [2.24, 2.45) is 0 Å². The smallest absolute Gasteiger partial charge is 0.261 e. The van der Waals surface area contributed by atoms with Gasteiger partial charge in [0, 0.05) is 54.5 Å². The maximum Gasteiger partial charge on any atom is 0.261 e. The number of anilines is 2. The Kier molecular flexibility index (Phi) is 12.1. The van der Waals surface area contributed by atoms with Crippen molar-refractivity contribution in [1.29, 1.82) is 0 Å². The lowest BCUT2D eigenvalue weighted by Crippen LogP contribution is -2.39. The third-order valence-corrected chi connectivity index (χ3v) is 7.07. The maximum atomic E-state index is 13.2. The lowest BCUT2D eigenvalue weighted by Gasteiger charge is -2.29. The van der Waals surface area contributed by atoms with Gasteiger partial charge in [0.15, 0.2) is 0 Å². The molecule has 0 bridgehead atoms. The highest BCUT2D eigenvalue weighted by molar-refractivity contribution is 6.20. The average Bonchev–Trinajstić information content (AvgIpc) is 3.26. The molecule has 2 N–H and O–H groups in total. The van der Waals surface area contributed by atoms with Gasteiger partial charge in [-0.25, -0.2) is 9.97 Å². The third-order valence-electron chi connectivity index (χ3n) is 7.07. The number of hydrogen-bond donors (Lipinski definition) is 1. The van der Waals surface area contributed by atoms with Gasteiger partial charge in [0.1, 0.15) is 5.82 Å². The highest BCUT2D eigenvalue weighted by Gasteiger charge is 2.34. The van der Waals surface area contributed by atoms with Crippen molar-refractivity contribution in [3.63, 3.8) is 0 Å². The van der Waals surface area contributed by atoms with Crippen LogP contribution in [0.3, 0.4) is 0 Å². The molecule has 0 aliphatic carbocycles. The monoisotopic (exact) mass is 608 g/mol. The fourth-order valence-electron chi connectivity index (χ4n) is 4.64. The van der Waals surface area contributed by atoms with E-state index in [-0.39, 0.29) is 24.9 Å². The van der Waals surface area contributed by atoms with Gasteiger partial charge in [-0.2, -0.15) is 0 Å². The summed E-state index contributed by atoms with van der Waals surface area (Å²) in [6, 6.07) is 9.27. The molecule has 1 atom stereocenters. The van der Waals surface area contributed by atoms with Crippen LogP contribution in [0.4, 0.5) is 11.5 Å². The average molecular weight is 609 g/mol. The Hall–Kier alpha value is -5.35. The van der Waals surface area contributed by atoms with Crippen LogP contribution in [0.5, 0.6) is 0 Å². The first-order valence-electron chi connectivity index (χ1n) is 14.3. The van der Waals surface area contributed by atoms with Crippen molar-refractivity contribution in [2.75, 3.05) is 37.9 Å². The number of nitrogen functional groups attached to an aromatic ring is 1. The van der Waals surface area contributed by atoms with Crippen LogP contribution in [0.15, 0.2) is 115 Å². The molecule has 3 heterocycles. The van der Waals surface area contributed by atoms with Crippen molar-refractivity contribution >= 4 is 34.4 Å². The highest BCUT2D eigenvalue weighted by Crippen LogP contribution is 2.28. The van der Waals surface area contributed by atoms with Gasteiger partial charge in [0.2, 0.25) is 0 Å². The van der Waals surface area contributed by atoms with Gasteiger partial charge in [0.05, 0.1) is 41.9 Å². The summed E-state index contributed by atoms with van der Waals surface area (Å²) >= 11 is 0. The minimum Gasteiger partial charge on any atom is -0.501 e. The van der Waals surface area contributed by atoms with Crippen LogP contribution in [0, 0.1) is 0 Å². The van der Waals surface area contributed by atoms with Gasteiger partial charge in [-0.1, -0.05) is 18.2 Å². The Morgan fingerprint density at radius 1 is 1.09 bits per heavy atom. The van der Waals surface area contributed by atoms with E-state index in [0.29, 0.717) is 39.5 Å². The minimum absolute atomic E-state index is 0.139. The number of nitrogens with two attached hydrogens (primary N) is 1. The van der Waals surface area contributed by atoms with E-state index in [2.05, 4.69) is 29.7 Å². The molecule has 1 unspecified atom stereocenters. The summed E-state index contributed by atoms with van der Waals surface area (Å²) in [6.07, 6.45) is 11.8. The molecule has 0 saturated carbocycles. The molecule has 10 nitrogen and oxygen atoms in total. The first-order valence-corrected chi connectivity index (χ1v) is 14.3. The van der Waals surface area contributed by atoms with Crippen molar-refractivity contribution in [1.82, 2.24) is 19.9 Å². The summed E-state index contributed by atoms with van der Waals surface area (Å²) in [6.45, 7) is 15.6. The standard InChI is InChI=1S/C33H36N6O4.C2H4/c1-7-9-27-22(4)32(40)39(33(27)41)15-14-38(25(16-21(3)42-5)17-26(8-2)43-6)24-11-12-28-29(18-24)37-30(20-35-28)23-10-13-31(34)36-19-23;1-2/h7-13,16-20,26H,2,14-15H2,1,3-6H3,(H2,34,36);1-2H2/b9-7-,21-16+,25-17+;. The van der Waals surface area contributed by atoms with Crippen molar-refractivity contribution in [2.45, 2.75) is 26.9 Å². The number of allylic oxidation sites excluding steroid dienone is 3. The third kappa shape index (κ3) is 7.98. The molecule has 45 heavy (non-hydrogen) atoms. The predicted molar refractivity (Wildman–Crippen MR) is 180 cm³/mol. The van der Waals surface area contributed by atoms with Crippen LogP contribution in [0.1, 0.15) is 20.8 Å². The molecular formula is C35H40N6O4. The summed E-state index contributed by atoms with van der Waals surface area (Å²) in [4.78, 5) is 43.1. The number of amides is 2. The zero-order valence-electron chi connectivity index (χ0n) is 26.5. The van der Waals surface area contributed by atoms with E-state index in [1.807, 2.05) is 55.2 Å². The molecule has 0 fully saturated rings. The summed E-state index contributed by atoms with van der Waals surface area (Å²) in [7, 11) is 3.18. The molecule has 0 saturated heterocycles. The van der Waals surface area contributed by atoms with E-state index in [1.165, 1.54) is 4.90 Å². The zero-order chi connectivity index (χ0) is 33.1. The molecule has 234 valence electrons. The number of methoxy groups -OCH3 is 2. The van der Waals surface area contributed by atoms with Gasteiger partial charge >= 0.3 is 0 Å². The number of carbonyl (C=O) groups excluding carboxylic acids is 2. The van der Waals surface area contributed by atoms with Crippen LogP contribution >= 0.6 is 0 Å². The van der Waals surface area contributed by atoms with Crippen LogP contribution < -0.4 is 10.6 Å². The molecule has 1 aromatic carbocycles. The van der Waals surface area contributed by atoms with Gasteiger partial charge in [-0.15, -0.1) is 19.7 Å². The Morgan fingerprint density at radius 2 is 1.84 bits per heavy atom. The van der Waals surface area contributed by atoms with E-state index in [1.54, 1.807) is 57.8 Å². The van der Waals surface area contributed by atoms with E-state index < -0.39 is 6.10 Å².